The monoisotopic (exact) mass is 140 g/mol. The SMILES string of the molecule is Cc1noc(C)c1CCN. The van der Waals surface area contributed by atoms with Crippen molar-refractivity contribution in [2.24, 2.45) is 5.73 Å². The fourth-order valence-corrected chi connectivity index (χ4v) is 1.00. The molecule has 0 spiro atoms. The zero-order valence-corrected chi connectivity index (χ0v) is 6.35. The van der Waals surface area contributed by atoms with Crippen molar-refractivity contribution >= 4 is 0 Å². The molecule has 10 heavy (non-hydrogen) atoms. The van der Waals surface area contributed by atoms with Crippen LogP contribution in [0.5, 0.6) is 0 Å². The largest absolute Gasteiger partial charge is 0.361 e. The van der Waals surface area contributed by atoms with E-state index in [0.29, 0.717) is 6.54 Å². The highest BCUT2D eigenvalue weighted by Gasteiger charge is 2.06. The van der Waals surface area contributed by atoms with Crippen LogP contribution >= 0.6 is 0 Å². The Hall–Kier alpha value is -0.830. The van der Waals surface area contributed by atoms with E-state index in [1.54, 1.807) is 0 Å². The van der Waals surface area contributed by atoms with Gasteiger partial charge in [0.15, 0.2) is 0 Å². The van der Waals surface area contributed by atoms with E-state index in [2.05, 4.69) is 5.16 Å². The van der Waals surface area contributed by atoms with Gasteiger partial charge in [0.2, 0.25) is 0 Å². The Morgan fingerprint density at radius 1 is 1.50 bits per heavy atom. The van der Waals surface area contributed by atoms with Crippen LogP contribution in [-0.4, -0.2) is 11.7 Å². The van der Waals surface area contributed by atoms with Gasteiger partial charge in [-0.1, -0.05) is 5.16 Å². The van der Waals surface area contributed by atoms with Crippen molar-refractivity contribution < 1.29 is 4.52 Å². The molecule has 0 bridgehead atoms. The summed E-state index contributed by atoms with van der Waals surface area (Å²) in [5.74, 6) is 0.892. The third-order valence-electron chi connectivity index (χ3n) is 1.58. The van der Waals surface area contributed by atoms with Crippen LogP contribution in [0.3, 0.4) is 0 Å². The van der Waals surface area contributed by atoms with Gasteiger partial charge in [-0.05, 0) is 26.8 Å². The zero-order chi connectivity index (χ0) is 7.56. The molecule has 0 aliphatic rings. The Balaban J connectivity index is 2.87. The van der Waals surface area contributed by atoms with Gasteiger partial charge in [0.1, 0.15) is 5.76 Å². The Morgan fingerprint density at radius 2 is 2.20 bits per heavy atom. The summed E-state index contributed by atoms with van der Waals surface area (Å²) in [4.78, 5) is 0. The molecule has 0 unspecified atom stereocenters. The van der Waals surface area contributed by atoms with E-state index in [-0.39, 0.29) is 0 Å². The molecule has 1 aromatic rings. The summed E-state index contributed by atoms with van der Waals surface area (Å²) in [5, 5.41) is 3.80. The smallest absolute Gasteiger partial charge is 0.137 e. The highest BCUT2D eigenvalue weighted by atomic mass is 16.5. The first-order valence-corrected chi connectivity index (χ1v) is 3.37. The van der Waals surface area contributed by atoms with Gasteiger partial charge < -0.3 is 10.3 Å². The molecule has 3 heteroatoms. The van der Waals surface area contributed by atoms with Gasteiger partial charge in [-0.25, -0.2) is 0 Å². The Bertz CT molecular complexity index is 198. The highest BCUT2D eigenvalue weighted by Crippen LogP contribution is 2.11. The molecule has 0 aliphatic carbocycles. The van der Waals surface area contributed by atoms with Crippen molar-refractivity contribution in [3.8, 4) is 0 Å². The quantitative estimate of drug-likeness (QED) is 0.660. The number of rotatable bonds is 2. The number of hydrogen-bond acceptors (Lipinski definition) is 3. The van der Waals surface area contributed by atoms with Crippen molar-refractivity contribution in [3.63, 3.8) is 0 Å². The van der Waals surface area contributed by atoms with Gasteiger partial charge in [-0.2, -0.15) is 0 Å². The first-order chi connectivity index (χ1) is 4.75. The minimum absolute atomic E-state index is 0.656. The van der Waals surface area contributed by atoms with Crippen molar-refractivity contribution in [1.82, 2.24) is 5.16 Å². The standard InChI is InChI=1S/C7H12N2O/c1-5-7(3-4-8)6(2)10-9-5/h3-4,8H2,1-2H3. The molecule has 0 aliphatic heterocycles. The van der Waals surface area contributed by atoms with Crippen LogP contribution in [0.15, 0.2) is 4.52 Å². The summed E-state index contributed by atoms with van der Waals surface area (Å²) < 4.78 is 4.94. The molecule has 0 atom stereocenters. The summed E-state index contributed by atoms with van der Waals surface area (Å²) >= 11 is 0. The predicted molar refractivity (Wildman–Crippen MR) is 38.7 cm³/mol. The highest BCUT2D eigenvalue weighted by molar-refractivity contribution is 5.20. The molecular weight excluding hydrogens is 128 g/mol. The van der Waals surface area contributed by atoms with E-state index in [1.807, 2.05) is 13.8 Å². The van der Waals surface area contributed by atoms with Gasteiger partial charge in [-0.15, -0.1) is 0 Å². The third-order valence-corrected chi connectivity index (χ3v) is 1.58. The Labute approximate surface area is 60.2 Å². The maximum Gasteiger partial charge on any atom is 0.137 e. The van der Waals surface area contributed by atoms with E-state index in [9.17, 15) is 0 Å². The van der Waals surface area contributed by atoms with Gasteiger partial charge in [-0.3, -0.25) is 0 Å². The lowest BCUT2D eigenvalue weighted by Gasteiger charge is -1.92. The summed E-state index contributed by atoms with van der Waals surface area (Å²) in [6, 6.07) is 0. The summed E-state index contributed by atoms with van der Waals surface area (Å²) in [6.45, 7) is 4.50. The second-order valence-electron chi connectivity index (χ2n) is 2.34. The minimum atomic E-state index is 0.656. The van der Waals surface area contributed by atoms with Crippen LogP contribution in [0, 0.1) is 13.8 Å². The van der Waals surface area contributed by atoms with Gasteiger partial charge in [0.05, 0.1) is 5.69 Å². The summed E-state index contributed by atoms with van der Waals surface area (Å²) in [6.07, 6.45) is 0.862. The maximum absolute atomic E-state index is 5.39. The lowest BCUT2D eigenvalue weighted by Crippen LogP contribution is -2.03. The molecule has 0 amide bonds. The Kier molecular flexibility index (Phi) is 2.06. The topological polar surface area (TPSA) is 52.0 Å². The Morgan fingerprint density at radius 3 is 2.60 bits per heavy atom. The fourth-order valence-electron chi connectivity index (χ4n) is 1.00. The van der Waals surface area contributed by atoms with E-state index < -0.39 is 0 Å². The molecule has 2 N–H and O–H groups in total. The van der Waals surface area contributed by atoms with E-state index >= 15 is 0 Å². The number of hydrogen-bond donors (Lipinski definition) is 1. The molecular formula is C7H12N2O. The molecule has 56 valence electrons. The predicted octanol–water partition coefficient (Wildman–Crippen LogP) is 0.793. The van der Waals surface area contributed by atoms with E-state index in [1.165, 1.54) is 0 Å². The fraction of sp³-hybridized carbons (Fsp3) is 0.571. The molecule has 1 heterocycles. The number of nitrogens with zero attached hydrogens (tertiary/aromatic N) is 1. The lowest BCUT2D eigenvalue weighted by molar-refractivity contribution is 0.392. The van der Waals surface area contributed by atoms with Crippen molar-refractivity contribution in [3.05, 3.63) is 17.0 Å². The number of aromatic nitrogens is 1. The van der Waals surface area contributed by atoms with Crippen LogP contribution < -0.4 is 5.73 Å². The average molecular weight is 140 g/mol. The van der Waals surface area contributed by atoms with Crippen molar-refractivity contribution in [1.29, 1.82) is 0 Å². The third kappa shape index (κ3) is 1.19. The molecule has 0 saturated heterocycles. The van der Waals surface area contributed by atoms with Gasteiger partial charge in [0, 0.05) is 5.56 Å². The molecule has 0 fully saturated rings. The van der Waals surface area contributed by atoms with Crippen LogP contribution in [0.4, 0.5) is 0 Å². The maximum atomic E-state index is 5.39. The zero-order valence-electron chi connectivity index (χ0n) is 6.35. The first-order valence-electron chi connectivity index (χ1n) is 3.37. The van der Waals surface area contributed by atoms with Crippen molar-refractivity contribution in [2.45, 2.75) is 20.3 Å². The van der Waals surface area contributed by atoms with Gasteiger partial charge in [0.25, 0.3) is 0 Å². The van der Waals surface area contributed by atoms with Crippen LogP contribution in [-0.2, 0) is 6.42 Å². The number of nitrogens with two attached hydrogens (primary N) is 1. The first kappa shape index (κ1) is 7.28. The molecule has 0 saturated carbocycles. The van der Waals surface area contributed by atoms with Gasteiger partial charge >= 0.3 is 0 Å². The van der Waals surface area contributed by atoms with E-state index in [4.69, 9.17) is 10.3 Å². The molecule has 0 radical (unpaired) electrons. The van der Waals surface area contributed by atoms with E-state index in [0.717, 1.165) is 23.4 Å². The summed E-state index contributed by atoms with van der Waals surface area (Å²) in [5.41, 5.74) is 7.50. The summed E-state index contributed by atoms with van der Waals surface area (Å²) in [7, 11) is 0. The molecule has 1 aromatic heterocycles. The van der Waals surface area contributed by atoms with Crippen LogP contribution in [0.2, 0.25) is 0 Å². The lowest BCUT2D eigenvalue weighted by atomic mass is 10.1. The molecule has 1 rings (SSSR count). The normalized spacial score (nSPS) is 10.3. The second kappa shape index (κ2) is 2.84. The average Bonchev–Trinajstić information content (AvgIpc) is 2.20. The van der Waals surface area contributed by atoms with Crippen molar-refractivity contribution in [2.75, 3.05) is 6.54 Å². The van der Waals surface area contributed by atoms with Crippen LogP contribution in [0.1, 0.15) is 17.0 Å². The molecule has 0 aromatic carbocycles. The molecule has 3 nitrogen and oxygen atoms in total. The minimum Gasteiger partial charge on any atom is -0.361 e. The second-order valence-corrected chi connectivity index (χ2v) is 2.34. The number of aryl methyl sites for hydroxylation is 2. The van der Waals surface area contributed by atoms with Crippen LogP contribution in [0.25, 0.3) is 0 Å².